The summed E-state index contributed by atoms with van der Waals surface area (Å²) in [6.07, 6.45) is 3.93. The van der Waals surface area contributed by atoms with E-state index in [1.807, 2.05) is 0 Å². The van der Waals surface area contributed by atoms with E-state index in [0.29, 0.717) is 11.6 Å². The van der Waals surface area contributed by atoms with Crippen molar-refractivity contribution in [1.29, 1.82) is 0 Å². The molecule has 0 radical (unpaired) electrons. The molecule has 0 aromatic heterocycles. The van der Waals surface area contributed by atoms with Crippen LogP contribution < -0.4 is 5.32 Å². The second kappa shape index (κ2) is 6.39. The second-order valence-corrected chi connectivity index (χ2v) is 7.96. The van der Waals surface area contributed by atoms with Crippen LogP contribution >= 0.6 is 11.8 Å². The molecular weight excluding hydrogens is 327 g/mol. The minimum Gasteiger partial charge on any atom is -0.351 e. The van der Waals surface area contributed by atoms with Crippen molar-refractivity contribution in [2.45, 2.75) is 43.7 Å². The molecule has 1 N–H and O–H groups in total. The Morgan fingerprint density at radius 1 is 1.21 bits per heavy atom. The van der Waals surface area contributed by atoms with E-state index < -0.39 is 0 Å². The summed E-state index contributed by atoms with van der Waals surface area (Å²) in [5.74, 6) is 1.57. The van der Waals surface area contributed by atoms with Gasteiger partial charge >= 0.3 is 0 Å². The maximum Gasteiger partial charge on any atom is 0.243 e. The molecule has 4 rings (SSSR count). The van der Waals surface area contributed by atoms with Gasteiger partial charge in [0.2, 0.25) is 11.8 Å². The Labute approximate surface area is 145 Å². The molecule has 2 aliphatic carbocycles. The molecule has 6 heteroatoms. The fourth-order valence-electron chi connectivity index (χ4n) is 3.48. The Morgan fingerprint density at radius 2 is 1.96 bits per heavy atom. The third-order valence-electron chi connectivity index (χ3n) is 5.34. The number of nitrogens with zero attached hydrogens (tertiary/aromatic N) is 1. The molecule has 2 amide bonds. The van der Waals surface area contributed by atoms with Crippen molar-refractivity contribution in [1.82, 2.24) is 10.2 Å². The third-order valence-corrected chi connectivity index (χ3v) is 6.35. The molecule has 1 saturated heterocycles. The number of nitrogens with one attached hydrogen (secondary N) is 1. The summed E-state index contributed by atoms with van der Waals surface area (Å²) in [4.78, 5) is 26.8. The van der Waals surface area contributed by atoms with E-state index in [4.69, 9.17) is 0 Å². The van der Waals surface area contributed by atoms with E-state index in [1.165, 1.54) is 12.1 Å². The van der Waals surface area contributed by atoms with Crippen LogP contribution in [0.2, 0.25) is 0 Å². The quantitative estimate of drug-likeness (QED) is 0.910. The standard InChI is InChI=1S/C18H21FN2O2S/c19-13-6-4-11(5-7-13)14-8-15(14)20-17(22)16-9-24-10-21(16)18(23)12-2-1-3-12/h4-7,12,14-16H,1-3,8-10H2,(H,20,22)/t14-,15-,16-/m1/s1. The Kier molecular flexibility index (Phi) is 4.24. The van der Waals surface area contributed by atoms with Gasteiger partial charge in [0.05, 0.1) is 5.88 Å². The van der Waals surface area contributed by atoms with Gasteiger partial charge in [0.25, 0.3) is 0 Å². The second-order valence-electron chi connectivity index (χ2n) is 6.96. The molecule has 2 saturated carbocycles. The highest BCUT2D eigenvalue weighted by atomic mass is 32.2. The van der Waals surface area contributed by atoms with Gasteiger partial charge in [-0.3, -0.25) is 9.59 Å². The SMILES string of the molecule is O=C(N[C@@H]1C[C@@H]1c1ccc(F)cc1)[C@H]1CSCN1C(=O)C1CCC1. The van der Waals surface area contributed by atoms with Gasteiger partial charge in [-0.15, -0.1) is 11.8 Å². The van der Waals surface area contributed by atoms with Crippen LogP contribution in [0.5, 0.6) is 0 Å². The van der Waals surface area contributed by atoms with Crippen LogP contribution in [0.15, 0.2) is 24.3 Å². The first-order valence-corrected chi connectivity index (χ1v) is 9.73. The van der Waals surface area contributed by atoms with Crippen molar-refractivity contribution in [3.63, 3.8) is 0 Å². The number of benzene rings is 1. The molecule has 0 unspecified atom stereocenters. The Bertz CT molecular complexity index is 647. The van der Waals surface area contributed by atoms with Gasteiger partial charge in [-0.2, -0.15) is 0 Å². The van der Waals surface area contributed by atoms with E-state index >= 15 is 0 Å². The molecular formula is C18H21FN2O2S. The highest BCUT2D eigenvalue weighted by molar-refractivity contribution is 7.99. The molecule has 0 bridgehead atoms. The summed E-state index contributed by atoms with van der Waals surface area (Å²) in [6, 6.07) is 6.25. The Morgan fingerprint density at radius 3 is 2.62 bits per heavy atom. The highest BCUT2D eigenvalue weighted by Gasteiger charge is 2.44. The lowest BCUT2D eigenvalue weighted by Crippen LogP contribution is -2.50. The topological polar surface area (TPSA) is 49.4 Å². The summed E-state index contributed by atoms with van der Waals surface area (Å²) >= 11 is 1.65. The summed E-state index contributed by atoms with van der Waals surface area (Å²) in [7, 11) is 0. The zero-order valence-electron chi connectivity index (χ0n) is 13.4. The average Bonchev–Trinajstić information content (AvgIpc) is 3.09. The highest BCUT2D eigenvalue weighted by Crippen LogP contribution is 2.41. The smallest absolute Gasteiger partial charge is 0.243 e. The minimum absolute atomic E-state index is 0.0396. The molecule has 1 heterocycles. The number of thioether (sulfide) groups is 1. The molecule has 0 spiro atoms. The molecule has 1 aromatic carbocycles. The maximum atomic E-state index is 13.0. The molecule has 24 heavy (non-hydrogen) atoms. The molecule has 4 nitrogen and oxygen atoms in total. The predicted molar refractivity (Wildman–Crippen MR) is 91.0 cm³/mol. The largest absolute Gasteiger partial charge is 0.351 e. The molecule has 3 aliphatic rings. The lowest BCUT2D eigenvalue weighted by atomic mass is 9.84. The first-order valence-electron chi connectivity index (χ1n) is 8.57. The van der Waals surface area contributed by atoms with Gasteiger partial charge in [-0.05, 0) is 37.0 Å². The maximum absolute atomic E-state index is 13.0. The predicted octanol–water partition coefficient (Wildman–Crippen LogP) is 2.50. The van der Waals surface area contributed by atoms with Gasteiger partial charge < -0.3 is 10.2 Å². The molecule has 3 atom stereocenters. The van der Waals surface area contributed by atoms with Crippen LogP contribution in [0.1, 0.15) is 37.2 Å². The first-order chi connectivity index (χ1) is 11.6. The van der Waals surface area contributed by atoms with Crippen LogP contribution in [0.3, 0.4) is 0 Å². The Balaban J connectivity index is 1.34. The lowest BCUT2D eigenvalue weighted by molar-refractivity contribution is -0.143. The van der Waals surface area contributed by atoms with Gasteiger partial charge in [0.1, 0.15) is 11.9 Å². The molecule has 3 fully saturated rings. The van der Waals surface area contributed by atoms with Crippen molar-refractivity contribution < 1.29 is 14.0 Å². The van der Waals surface area contributed by atoms with Crippen molar-refractivity contribution in [2.24, 2.45) is 5.92 Å². The third kappa shape index (κ3) is 3.04. The number of hydrogen-bond donors (Lipinski definition) is 1. The zero-order valence-corrected chi connectivity index (χ0v) is 14.2. The number of hydrogen-bond acceptors (Lipinski definition) is 3. The van der Waals surface area contributed by atoms with E-state index in [0.717, 1.165) is 31.2 Å². The van der Waals surface area contributed by atoms with E-state index in [9.17, 15) is 14.0 Å². The van der Waals surface area contributed by atoms with Gasteiger partial charge in [-0.1, -0.05) is 18.6 Å². The number of amides is 2. The van der Waals surface area contributed by atoms with Crippen molar-refractivity contribution in [3.05, 3.63) is 35.6 Å². The summed E-state index contributed by atoms with van der Waals surface area (Å²) in [5.41, 5.74) is 1.06. The molecule has 1 aromatic rings. The van der Waals surface area contributed by atoms with E-state index in [-0.39, 0.29) is 41.6 Å². The van der Waals surface area contributed by atoms with Crippen molar-refractivity contribution >= 4 is 23.6 Å². The zero-order chi connectivity index (χ0) is 16.7. The number of halogens is 1. The number of rotatable bonds is 4. The van der Waals surface area contributed by atoms with Crippen LogP contribution in [0.25, 0.3) is 0 Å². The lowest BCUT2D eigenvalue weighted by Gasteiger charge is -2.31. The van der Waals surface area contributed by atoms with E-state index in [2.05, 4.69) is 5.32 Å². The minimum atomic E-state index is -0.336. The normalized spacial score (nSPS) is 29.2. The monoisotopic (exact) mass is 348 g/mol. The van der Waals surface area contributed by atoms with E-state index in [1.54, 1.807) is 28.8 Å². The summed E-state index contributed by atoms with van der Waals surface area (Å²) in [6.45, 7) is 0. The van der Waals surface area contributed by atoms with Gasteiger partial charge in [-0.25, -0.2) is 4.39 Å². The van der Waals surface area contributed by atoms with Crippen LogP contribution in [0.4, 0.5) is 4.39 Å². The van der Waals surface area contributed by atoms with Crippen molar-refractivity contribution in [2.75, 3.05) is 11.6 Å². The van der Waals surface area contributed by atoms with Crippen LogP contribution in [-0.2, 0) is 9.59 Å². The molecule has 1 aliphatic heterocycles. The van der Waals surface area contributed by atoms with Crippen LogP contribution in [0, 0.1) is 11.7 Å². The number of carbonyl (C=O) groups excluding carboxylic acids is 2. The fraction of sp³-hybridized carbons (Fsp3) is 0.556. The molecule has 128 valence electrons. The first kappa shape index (κ1) is 15.9. The number of carbonyl (C=O) groups is 2. The van der Waals surface area contributed by atoms with Gasteiger partial charge in [0, 0.05) is 23.6 Å². The Hall–Kier alpha value is -1.56. The van der Waals surface area contributed by atoms with Crippen molar-refractivity contribution in [3.8, 4) is 0 Å². The fourth-order valence-corrected chi connectivity index (χ4v) is 4.64. The summed E-state index contributed by atoms with van der Waals surface area (Å²) in [5, 5.41) is 3.08. The van der Waals surface area contributed by atoms with Crippen LogP contribution in [-0.4, -0.2) is 40.4 Å². The average molecular weight is 348 g/mol. The summed E-state index contributed by atoms with van der Waals surface area (Å²) < 4.78 is 13.0. The van der Waals surface area contributed by atoms with Gasteiger partial charge in [0.15, 0.2) is 0 Å².